The Bertz CT molecular complexity index is 1090. The van der Waals surface area contributed by atoms with Crippen molar-refractivity contribution in [2.75, 3.05) is 26.4 Å². The van der Waals surface area contributed by atoms with Crippen LogP contribution in [0.2, 0.25) is 0 Å². The van der Waals surface area contributed by atoms with Crippen LogP contribution in [0.3, 0.4) is 0 Å². The Hall–Kier alpha value is -3.28. The highest BCUT2D eigenvalue weighted by Crippen LogP contribution is 2.44. The zero-order valence-corrected chi connectivity index (χ0v) is 17.7. The molecule has 0 fully saturated rings. The summed E-state index contributed by atoms with van der Waals surface area (Å²) in [6.45, 7) is 7.69. The summed E-state index contributed by atoms with van der Waals surface area (Å²) in [5.41, 5.74) is 2.03. The van der Waals surface area contributed by atoms with E-state index in [4.69, 9.17) is 18.9 Å². The summed E-state index contributed by atoms with van der Waals surface area (Å²) in [7, 11) is 0. The van der Waals surface area contributed by atoms with Crippen LogP contribution in [0.15, 0.2) is 36.4 Å². The van der Waals surface area contributed by atoms with Gasteiger partial charge in [0.25, 0.3) is 0 Å². The third-order valence-corrected chi connectivity index (χ3v) is 4.65. The molecule has 0 unspecified atom stereocenters. The summed E-state index contributed by atoms with van der Waals surface area (Å²) in [6, 6.07) is 11.6. The molecular formula is C24H26O6. The molecule has 0 spiro atoms. The number of esters is 2. The van der Waals surface area contributed by atoms with E-state index in [1.54, 1.807) is 13.8 Å². The molecule has 0 aliphatic carbocycles. The minimum absolute atomic E-state index is 0.191. The van der Waals surface area contributed by atoms with Crippen molar-refractivity contribution < 1.29 is 28.5 Å². The van der Waals surface area contributed by atoms with Crippen molar-refractivity contribution in [3.05, 3.63) is 47.5 Å². The number of ether oxygens (including phenoxy) is 4. The molecular weight excluding hydrogens is 384 g/mol. The van der Waals surface area contributed by atoms with E-state index in [2.05, 4.69) is 0 Å². The van der Waals surface area contributed by atoms with Crippen LogP contribution in [0.4, 0.5) is 0 Å². The minimum Gasteiger partial charge on any atom is -0.481 e. The molecule has 0 heterocycles. The second-order valence-electron chi connectivity index (χ2n) is 6.90. The Morgan fingerprint density at radius 2 is 1.30 bits per heavy atom. The predicted octanol–water partition coefficient (Wildman–Crippen LogP) is 4.49. The number of hydrogen-bond acceptors (Lipinski definition) is 6. The van der Waals surface area contributed by atoms with Gasteiger partial charge in [-0.05, 0) is 39.3 Å². The molecule has 6 nitrogen and oxygen atoms in total. The minimum atomic E-state index is -0.429. The topological polar surface area (TPSA) is 71.1 Å². The van der Waals surface area contributed by atoms with E-state index in [-0.39, 0.29) is 13.2 Å². The largest absolute Gasteiger partial charge is 0.481 e. The molecule has 3 aromatic carbocycles. The van der Waals surface area contributed by atoms with Crippen molar-refractivity contribution in [1.29, 1.82) is 0 Å². The molecule has 30 heavy (non-hydrogen) atoms. The molecule has 0 aliphatic rings. The molecule has 0 amide bonds. The quantitative estimate of drug-likeness (QED) is 0.402. The van der Waals surface area contributed by atoms with Gasteiger partial charge in [0.2, 0.25) is 0 Å². The summed E-state index contributed by atoms with van der Waals surface area (Å²) >= 11 is 0. The molecule has 0 aromatic heterocycles. The predicted molar refractivity (Wildman–Crippen MR) is 115 cm³/mol. The third-order valence-electron chi connectivity index (χ3n) is 4.65. The summed E-state index contributed by atoms with van der Waals surface area (Å²) in [6.07, 6.45) is 0. The van der Waals surface area contributed by atoms with Crippen LogP contribution in [0.1, 0.15) is 25.0 Å². The second-order valence-corrected chi connectivity index (χ2v) is 6.90. The fourth-order valence-corrected chi connectivity index (χ4v) is 3.58. The van der Waals surface area contributed by atoms with Crippen molar-refractivity contribution in [3.8, 4) is 11.5 Å². The molecule has 0 atom stereocenters. The summed E-state index contributed by atoms with van der Waals surface area (Å²) in [5.74, 6) is 0.322. The van der Waals surface area contributed by atoms with Crippen LogP contribution in [0.25, 0.3) is 21.5 Å². The average Bonchev–Trinajstić information content (AvgIpc) is 2.71. The fourth-order valence-electron chi connectivity index (χ4n) is 3.58. The molecule has 3 rings (SSSR count). The molecule has 6 heteroatoms. The van der Waals surface area contributed by atoms with E-state index in [1.165, 1.54) is 0 Å². The smallest absolute Gasteiger partial charge is 0.344 e. The fraction of sp³-hybridized carbons (Fsp3) is 0.333. The van der Waals surface area contributed by atoms with Crippen molar-refractivity contribution in [2.45, 2.75) is 27.7 Å². The Morgan fingerprint density at radius 1 is 0.767 bits per heavy atom. The molecule has 0 aliphatic heterocycles. The zero-order valence-electron chi connectivity index (χ0n) is 17.7. The van der Waals surface area contributed by atoms with Crippen molar-refractivity contribution in [2.24, 2.45) is 0 Å². The van der Waals surface area contributed by atoms with Gasteiger partial charge in [-0.1, -0.05) is 35.9 Å². The van der Waals surface area contributed by atoms with Crippen molar-refractivity contribution in [1.82, 2.24) is 0 Å². The number of fused-ring (bicyclic) bond motifs is 2. The highest BCUT2D eigenvalue weighted by atomic mass is 16.6. The van der Waals surface area contributed by atoms with E-state index >= 15 is 0 Å². The lowest BCUT2D eigenvalue weighted by Crippen LogP contribution is -2.16. The lowest BCUT2D eigenvalue weighted by molar-refractivity contribution is -0.146. The molecule has 158 valence electrons. The van der Waals surface area contributed by atoms with E-state index in [9.17, 15) is 9.59 Å². The van der Waals surface area contributed by atoms with Gasteiger partial charge in [0.15, 0.2) is 13.2 Å². The summed E-state index contributed by atoms with van der Waals surface area (Å²) in [4.78, 5) is 23.8. The zero-order chi connectivity index (χ0) is 21.7. The average molecular weight is 410 g/mol. The highest BCUT2D eigenvalue weighted by molar-refractivity contribution is 6.12. The van der Waals surface area contributed by atoms with Gasteiger partial charge >= 0.3 is 11.9 Å². The molecule has 0 radical (unpaired) electrons. The standard InChI is InChI=1S/C24H26O6/c1-5-27-20(25)13-29-23-17-9-7-8-10-18(17)24(30-14-21(26)28-6-2)22-16(4)11-15(3)12-19(22)23/h7-12H,5-6,13-14H2,1-4H3. The first kappa shape index (κ1) is 21.4. The number of aryl methyl sites for hydroxylation is 2. The molecule has 0 saturated heterocycles. The van der Waals surface area contributed by atoms with Crippen LogP contribution in [-0.2, 0) is 19.1 Å². The Balaban J connectivity index is 2.19. The number of benzene rings is 3. The SMILES string of the molecule is CCOC(=O)COc1c2ccccc2c(OCC(=O)OCC)c2c(C)cc(C)cc12. The first-order valence-corrected chi connectivity index (χ1v) is 9.98. The maximum Gasteiger partial charge on any atom is 0.344 e. The Labute approximate surface area is 175 Å². The van der Waals surface area contributed by atoms with Gasteiger partial charge in [-0.2, -0.15) is 0 Å². The van der Waals surface area contributed by atoms with Gasteiger partial charge in [0.1, 0.15) is 11.5 Å². The molecule has 0 bridgehead atoms. The van der Waals surface area contributed by atoms with E-state index in [0.717, 1.165) is 32.7 Å². The van der Waals surface area contributed by atoms with E-state index in [0.29, 0.717) is 24.7 Å². The monoisotopic (exact) mass is 410 g/mol. The Kier molecular flexibility index (Phi) is 6.77. The first-order valence-electron chi connectivity index (χ1n) is 9.98. The van der Waals surface area contributed by atoms with Gasteiger partial charge in [0, 0.05) is 21.5 Å². The van der Waals surface area contributed by atoms with E-state index < -0.39 is 11.9 Å². The van der Waals surface area contributed by atoms with E-state index in [1.807, 2.05) is 50.2 Å². The van der Waals surface area contributed by atoms with Gasteiger partial charge in [-0.25, -0.2) is 9.59 Å². The number of rotatable bonds is 8. The second kappa shape index (κ2) is 9.48. The van der Waals surface area contributed by atoms with Crippen LogP contribution in [-0.4, -0.2) is 38.4 Å². The third kappa shape index (κ3) is 4.48. The number of carbonyl (C=O) groups is 2. The Morgan fingerprint density at radius 3 is 1.87 bits per heavy atom. The van der Waals surface area contributed by atoms with Crippen LogP contribution in [0.5, 0.6) is 11.5 Å². The van der Waals surface area contributed by atoms with Crippen LogP contribution in [0, 0.1) is 13.8 Å². The number of hydrogen-bond donors (Lipinski definition) is 0. The lowest BCUT2D eigenvalue weighted by atomic mass is 9.95. The van der Waals surface area contributed by atoms with Crippen LogP contribution < -0.4 is 9.47 Å². The van der Waals surface area contributed by atoms with Gasteiger partial charge in [0.05, 0.1) is 13.2 Å². The highest BCUT2D eigenvalue weighted by Gasteiger charge is 2.20. The molecule has 0 saturated carbocycles. The maximum absolute atomic E-state index is 11.9. The normalized spacial score (nSPS) is 10.8. The summed E-state index contributed by atoms with van der Waals surface area (Å²) in [5, 5.41) is 3.23. The van der Waals surface area contributed by atoms with Gasteiger partial charge < -0.3 is 18.9 Å². The summed E-state index contributed by atoms with van der Waals surface area (Å²) < 4.78 is 21.9. The lowest BCUT2D eigenvalue weighted by Gasteiger charge is -2.19. The van der Waals surface area contributed by atoms with Gasteiger partial charge in [-0.15, -0.1) is 0 Å². The van der Waals surface area contributed by atoms with Crippen molar-refractivity contribution in [3.63, 3.8) is 0 Å². The number of carbonyl (C=O) groups excluding carboxylic acids is 2. The maximum atomic E-state index is 11.9. The van der Waals surface area contributed by atoms with Gasteiger partial charge in [-0.3, -0.25) is 0 Å². The van der Waals surface area contributed by atoms with Crippen molar-refractivity contribution >= 4 is 33.5 Å². The molecule has 0 N–H and O–H groups in total. The molecule has 3 aromatic rings. The van der Waals surface area contributed by atoms with Crippen LogP contribution >= 0.6 is 0 Å². The first-order chi connectivity index (χ1) is 14.5.